The molecule has 3 aliphatic rings. The lowest BCUT2D eigenvalue weighted by Crippen LogP contribution is -2.53. The number of aryl methyl sites for hydroxylation is 1. The van der Waals surface area contributed by atoms with Crippen LogP contribution in [0.3, 0.4) is 0 Å². The Morgan fingerprint density at radius 2 is 1.86 bits per heavy atom. The second-order valence-corrected chi connectivity index (χ2v) is 8.83. The summed E-state index contributed by atoms with van der Waals surface area (Å²) >= 11 is 0. The Morgan fingerprint density at radius 1 is 1.14 bits per heavy atom. The Morgan fingerprint density at radius 3 is 2.52 bits per heavy atom. The van der Waals surface area contributed by atoms with Gasteiger partial charge in [0.05, 0.1) is 12.1 Å². The molecule has 2 atom stereocenters. The molecule has 2 saturated heterocycles. The largest absolute Gasteiger partial charge is 0.392 e. The highest BCUT2D eigenvalue weighted by atomic mass is 16.3. The summed E-state index contributed by atoms with van der Waals surface area (Å²) in [6.45, 7) is 1.85. The summed E-state index contributed by atoms with van der Waals surface area (Å²) in [6.07, 6.45) is 10.9. The quantitative estimate of drug-likeness (QED) is 0.780. The van der Waals surface area contributed by atoms with Gasteiger partial charge in [-0.1, -0.05) is 19.3 Å². The van der Waals surface area contributed by atoms with Crippen LogP contribution in [0.4, 0.5) is 0 Å². The van der Waals surface area contributed by atoms with E-state index in [2.05, 4.69) is 15.2 Å². The van der Waals surface area contributed by atoms with Crippen LogP contribution in [0.15, 0.2) is 12.4 Å². The maximum atomic E-state index is 12.9. The van der Waals surface area contributed by atoms with Crippen molar-refractivity contribution in [2.24, 2.45) is 7.05 Å². The Labute approximate surface area is 172 Å². The molecule has 0 bridgehead atoms. The average molecular weight is 404 g/mol. The summed E-state index contributed by atoms with van der Waals surface area (Å²) in [5.41, 5.74) is 0. The molecule has 160 valence electrons. The number of carbonyl (C=O) groups excluding carboxylic acids is 2. The molecule has 0 aromatic carbocycles. The van der Waals surface area contributed by atoms with Gasteiger partial charge in [0, 0.05) is 51.2 Å². The topological polar surface area (TPSA) is 90.7 Å². The third-order valence-electron chi connectivity index (χ3n) is 6.80. The van der Waals surface area contributed by atoms with E-state index in [1.165, 1.54) is 19.3 Å². The van der Waals surface area contributed by atoms with Gasteiger partial charge in [0.15, 0.2) is 5.82 Å². The van der Waals surface area contributed by atoms with Gasteiger partial charge in [-0.15, -0.1) is 0 Å². The van der Waals surface area contributed by atoms with E-state index < -0.39 is 6.10 Å². The molecule has 0 spiro atoms. The van der Waals surface area contributed by atoms with Crippen molar-refractivity contribution in [1.82, 2.24) is 24.7 Å². The lowest BCUT2D eigenvalue weighted by molar-refractivity contribution is -0.127. The van der Waals surface area contributed by atoms with Crippen LogP contribution in [0.2, 0.25) is 0 Å². The van der Waals surface area contributed by atoms with Crippen molar-refractivity contribution in [2.45, 2.75) is 75.6 Å². The zero-order valence-electron chi connectivity index (χ0n) is 17.3. The normalized spacial score (nSPS) is 27.3. The summed E-state index contributed by atoms with van der Waals surface area (Å²) < 4.78 is 1.75. The van der Waals surface area contributed by atoms with Crippen LogP contribution in [-0.4, -0.2) is 80.1 Å². The van der Waals surface area contributed by atoms with Gasteiger partial charge in [-0.25, -0.2) is 4.98 Å². The van der Waals surface area contributed by atoms with Crippen molar-refractivity contribution >= 4 is 11.8 Å². The molecule has 8 nitrogen and oxygen atoms in total. The standard InChI is InChI=1S/C21H33N5O3/c1-24-12-9-22-19(24)21(29)25-10-7-16(8-11-25)26-14-17(27)13-18(26)20(28)23-15-5-3-2-4-6-15/h9,12,15-18,27H,2-8,10-11,13-14H2,1H3,(H,23,28)/t17-,18+/m1/s1. The molecule has 2 amide bonds. The van der Waals surface area contributed by atoms with Crippen molar-refractivity contribution in [3.05, 3.63) is 18.2 Å². The van der Waals surface area contributed by atoms with Crippen LogP contribution in [-0.2, 0) is 11.8 Å². The van der Waals surface area contributed by atoms with Crippen molar-refractivity contribution in [2.75, 3.05) is 19.6 Å². The number of β-amino-alcohol motifs (C(OH)–C–C–N with tert-alkyl or cyclic N) is 1. The van der Waals surface area contributed by atoms with Crippen LogP contribution in [0.5, 0.6) is 0 Å². The molecule has 3 fully saturated rings. The smallest absolute Gasteiger partial charge is 0.289 e. The molecule has 4 rings (SSSR count). The number of amides is 2. The number of rotatable bonds is 4. The first-order chi connectivity index (χ1) is 14.0. The van der Waals surface area contributed by atoms with E-state index in [4.69, 9.17) is 0 Å². The minimum atomic E-state index is -0.454. The number of piperidine rings is 1. The number of nitrogens with zero attached hydrogens (tertiary/aromatic N) is 4. The molecule has 1 saturated carbocycles. The number of hydrogen-bond donors (Lipinski definition) is 2. The molecular formula is C21H33N5O3. The Hall–Kier alpha value is -1.93. The summed E-state index contributed by atoms with van der Waals surface area (Å²) in [5.74, 6) is 0.494. The Kier molecular flexibility index (Phi) is 6.20. The van der Waals surface area contributed by atoms with Crippen molar-refractivity contribution < 1.29 is 14.7 Å². The fraction of sp³-hybridized carbons (Fsp3) is 0.762. The molecule has 1 aliphatic carbocycles. The first kappa shape index (κ1) is 20.3. The monoisotopic (exact) mass is 403 g/mol. The van der Waals surface area contributed by atoms with Crippen molar-refractivity contribution in [1.29, 1.82) is 0 Å². The fourth-order valence-corrected chi connectivity index (χ4v) is 5.16. The third kappa shape index (κ3) is 4.48. The van der Waals surface area contributed by atoms with E-state index in [0.29, 0.717) is 31.9 Å². The molecule has 8 heteroatoms. The maximum absolute atomic E-state index is 12.9. The number of likely N-dealkylation sites (tertiary alicyclic amines) is 2. The minimum absolute atomic E-state index is 0.0380. The lowest BCUT2D eigenvalue weighted by atomic mass is 9.95. The number of hydrogen-bond acceptors (Lipinski definition) is 5. The number of aliphatic hydroxyl groups excluding tert-OH is 1. The molecule has 3 heterocycles. The number of aliphatic hydroxyl groups is 1. The molecular weight excluding hydrogens is 370 g/mol. The number of carbonyl (C=O) groups is 2. The predicted molar refractivity (Wildman–Crippen MR) is 108 cm³/mol. The summed E-state index contributed by atoms with van der Waals surface area (Å²) in [4.78, 5) is 33.8. The highest BCUT2D eigenvalue weighted by molar-refractivity contribution is 5.90. The van der Waals surface area contributed by atoms with Crippen LogP contribution in [0.1, 0.15) is 62.0 Å². The lowest BCUT2D eigenvalue weighted by Gasteiger charge is -2.39. The summed E-state index contributed by atoms with van der Waals surface area (Å²) in [6, 6.07) is 0.251. The number of nitrogens with one attached hydrogen (secondary N) is 1. The Bertz CT molecular complexity index is 722. The highest BCUT2D eigenvalue weighted by Gasteiger charge is 2.41. The van der Waals surface area contributed by atoms with E-state index in [0.717, 1.165) is 25.7 Å². The number of imidazole rings is 1. The average Bonchev–Trinajstić information content (AvgIpc) is 3.34. The first-order valence-electron chi connectivity index (χ1n) is 11.0. The SMILES string of the molecule is Cn1ccnc1C(=O)N1CCC(N2C[C@H](O)C[C@H]2C(=O)NC2CCCCC2)CC1. The first-order valence-corrected chi connectivity index (χ1v) is 11.0. The van der Waals surface area contributed by atoms with Crippen LogP contribution < -0.4 is 5.32 Å². The molecule has 0 unspecified atom stereocenters. The molecule has 0 radical (unpaired) electrons. The van der Waals surface area contributed by atoms with Crippen molar-refractivity contribution in [3.63, 3.8) is 0 Å². The second kappa shape index (κ2) is 8.83. The van der Waals surface area contributed by atoms with Gasteiger partial charge in [-0.2, -0.15) is 0 Å². The van der Waals surface area contributed by atoms with E-state index in [1.54, 1.807) is 17.0 Å². The second-order valence-electron chi connectivity index (χ2n) is 8.83. The van der Waals surface area contributed by atoms with Gasteiger partial charge in [-0.3, -0.25) is 14.5 Å². The predicted octanol–water partition coefficient (Wildman–Crippen LogP) is 0.909. The molecule has 29 heavy (non-hydrogen) atoms. The zero-order chi connectivity index (χ0) is 20.4. The van der Waals surface area contributed by atoms with Crippen LogP contribution in [0, 0.1) is 0 Å². The zero-order valence-corrected chi connectivity index (χ0v) is 17.3. The molecule has 1 aromatic heterocycles. The fourth-order valence-electron chi connectivity index (χ4n) is 5.16. The maximum Gasteiger partial charge on any atom is 0.289 e. The Balaban J connectivity index is 1.34. The summed E-state index contributed by atoms with van der Waals surface area (Å²) in [5, 5.41) is 13.5. The van der Waals surface area contributed by atoms with E-state index in [-0.39, 0.29) is 29.9 Å². The van der Waals surface area contributed by atoms with Gasteiger partial charge >= 0.3 is 0 Å². The highest BCUT2D eigenvalue weighted by Crippen LogP contribution is 2.28. The van der Waals surface area contributed by atoms with Gasteiger partial charge in [0.2, 0.25) is 5.91 Å². The van der Waals surface area contributed by atoms with Crippen molar-refractivity contribution in [3.8, 4) is 0 Å². The van der Waals surface area contributed by atoms with Gasteiger partial charge in [-0.05, 0) is 32.1 Å². The number of aromatic nitrogens is 2. The molecule has 2 aliphatic heterocycles. The van der Waals surface area contributed by atoms with E-state index in [1.807, 2.05) is 11.9 Å². The van der Waals surface area contributed by atoms with Crippen LogP contribution >= 0.6 is 0 Å². The van der Waals surface area contributed by atoms with E-state index >= 15 is 0 Å². The molecule has 2 N–H and O–H groups in total. The van der Waals surface area contributed by atoms with Crippen LogP contribution in [0.25, 0.3) is 0 Å². The minimum Gasteiger partial charge on any atom is -0.392 e. The third-order valence-corrected chi connectivity index (χ3v) is 6.80. The van der Waals surface area contributed by atoms with Gasteiger partial charge in [0.1, 0.15) is 0 Å². The summed E-state index contributed by atoms with van der Waals surface area (Å²) in [7, 11) is 1.83. The van der Waals surface area contributed by atoms with Gasteiger partial charge in [0.25, 0.3) is 5.91 Å². The van der Waals surface area contributed by atoms with Gasteiger partial charge < -0.3 is 19.9 Å². The van der Waals surface area contributed by atoms with E-state index in [9.17, 15) is 14.7 Å². The molecule has 1 aromatic rings.